The molecule has 0 aromatic carbocycles. The molecule has 0 aliphatic carbocycles. The third kappa shape index (κ3) is 39.5. The highest BCUT2D eigenvalue weighted by molar-refractivity contribution is 5.71. The van der Waals surface area contributed by atoms with E-state index in [-0.39, 0.29) is 31.1 Å². The second-order valence-electron chi connectivity index (χ2n) is 15.8. The topological polar surface area (TPSA) is 78.9 Å². The summed E-state index contributed by atoms with van der Waals surface area (Å²) >= 11 is 0. The Morgan fingerprint density at radius 1 is 0.373 bits per heavy atom. The minimum Gasteiger partial charge on any atom is -0.462 e. The van der Waals surface area contributed by atoms with Crippen molar-refractivity contribution in [3.05, 3.63) is 0 Å². The normalized spacial score (nSPS) is 11.9. The van der Waals surface area contributed by atoms with Crippen molar-refractivity contribution in [3.8, 4) is 0 Å². The maximum Gasteiger partial charge on any atom is 0.306 e. The average Bonchev–Trinajstić information content (AvgIpc) is 3.11. The molecule has 0 radical (unpaired) electrons. The molecular formula is C45H86O6. The maximum atomic E-state index is 12.6. The number of unbranched alkanes of at least 4 members (excludes halogenated alkanes) is 27. The van der Waals surface area contributed by atoms with Crippen LogP contribution in [0.2, 0.25) is 0 Å². The molecule has 0 amide bonds. The molecule has 0 fully saturated rings. The summed E-state index contributed by atoms with van der Waals surface area (Å²) in [6.07, 6.45) is 38.1. The lowest BCUT2D eigenvalue weighted by Gasteiger charge is -2.18. The van der Waals surface area contributed by atoms with Crippen LogP contribution in [0, 0.1) is 5.92 Å². The molecule has 0 rings (SSSR count). The third-order valence-corrected chi connectivity index (χ3v) is 10.0. The summed E-state index contributed by atoms with van der Waals surface area (Å²) in [4.78, 5) is 37.6. The molecule has 1 atom stereocenters. The van der Waals surface area contributed by atoms with Crippen molar-refractivity contribution < 1.29 is 28.6 Å². The Balaban J connectivity index is 4.29. The number of rotatable bonds is 40. The molecule has 51 heavy (non-hydrogen) atoms. The van der Waals surface area contributed by atoms with Gasteiger partial charge in [-0.25, -0.2) is 0 Å². The van der Waals surface area contributed by atoms with Crippen molar-refractivity contribution >= 4 is 17.9 Å². The van der Waals surface area contributed by atoms with E-state index in [1.807, 2.05) is 0 Å². The highest BCUT2D eigenvalue weighted by Crippen LogP contribution is 2.16. The van der Waals surface area contributed by atoms with Gasteiger partial charge in [-0.15, -0.1) is 0 Å². The quantitative estimate of drug-likeness (QED) is 0.0356. The lowest BCUT2D eigenvalue weighted by Crippen LogP contribution is -2.30. The van der Waals surface area contributed by atoms with E-state index in [1.165, 1.54) is 141 Å². The van der Waals surface area contributed by atoms with E-state index >= 15 is 0 Å². The van der Waals surface area contributed by atoms with Crippen molar-refractivity contribution in [2.45, 2.75) is 252 Å². The predicted octanol–water partition coefficient (Wildman–Crippen LogP) is 13.9. The van der Waals surface area contributed by atoms with Crippen molar-refractivity contribution in [2.75, 3.05) is 13.2 Å². The number of hydrogen-bond donors (Lipinski definition) is 0. The first kappa shape index (κ1) is 49.4. The van der Waals surface area contributed by atoms with Gasteiger partial charge in [0.1, 0.15) is 13.2 Å². The average molecular weight is 723 g/mol. The van der Waals surface area contributed by atoms with E-state index in [0.29, 0.717) is 19.3 Å². The number of hydrogen-bond acceptors (Lipinski definition) is 6. The van der Waals surface area contributed by atoms with E-state index in [9.17, 15) is 14.4 Å². The number of carbonyl (C=O) groups is 3. The summed E-state index contributed by atoms with van der Waals surface area (Å²) in [5, 5.41) is 0. The van der Waals surface area contributed by atoms with Crippen LogP contribution < -0.4 is 0 Å². The third-order valence-electron chi connectivity index (χ3n) is 10.0. The molecule has 0 aromatic heterocycles. The van der Waals surface area contributed by atoms with Gasteiger partial charge in [0.15, 0.2) is 6.10 Å². The van der Waals surface area contributed by atoms with E-state index in [2.05, 4.69) is 27.7 Å². The molecule has 6 nitrogen and oxygen atoms in total. The second-order valence-corrected chi connectivity index (χ2v) is 15.8. The number of ether oxygens (including phenoxy) is 3. The Hall–Kier alpha value is -1.59. The van der Waals surface area contributed by atoms with Gasteiger partial charge in [-0.2, -0.15) is 0 Å². The highest BCUT2D eigenvalue weighted by atomic mass is 16.6. The lowest BCUT2D eigenvalue weighted by molar-refractivity contribution is -0.167. The number of esters is 3. The van der Waals surface area contributed by atoms with Gasteiger partial charge in [-0.05, 0) is 25.2 Å². The molecule has 0 aliphatic heterocycles. The van der Waals surface area contributed by atoms with Gasteiger partial charge in [0.05, 0.1) is 0 Å². The molecular weight excluding hydrogens is 636 g/mol. The van der Waals surface area contributed by atoms with Crippen LogP contribution in [-0.2, 0) is 28.6 Å². The molecule has 0 saturated heterocycles. The maximum absolute atomic E-state index is 12.6. The van der Waals surface area contributed by atoms with Crippen LogP contribution >= 0.6 is 0 Å². The Bertz CT molecular complexity index is 766. The zero-order valence-corrected chi connectivity index (χ0v) is 34.6. The van der Waals surface area contributed by atoms with Crippen LogP contribution in [0.15, 0.2) is 0 Å². The molecule has 0 aromatic rings. The minimum absolute atomic E-state index is 0.0645. The molecule has 0 unspecified atom stereocenters. The van der Waals surface area contributed by atoms with Crippen molar-refractivity contribution in [1.82, 2.24) is 0 Å². The fourth-order valence-corrected chi connectivity index (χ4v) is 6.63. The van der Waals surface area contributed by atoms with Crippen LogP contribution in [0.4, 0.5) is 0 Å². The summed E-state index contributed by atoms with van der Waals surface area (Å²) in [5.74, 6) is -0.0785. The Morgan fingerprint density at radius 3 is 0.961 bits per heavy atom. The molecule has 0 saturated carbocycles. The van der Waals surface area contributed by atoms with Gasteiger partial charge >= 0.3 is 17.9 Å². The van der Waals surface area contributed by atoms with E-state index in [4.69, 9.17) is 14.2 Å². The monoisotopic (exact) mass is 723 g/mol. The first-order chi connectivity index (χ1) is 24.9. The van der Waals surface area contributed by atoms with Gasteiger partial charge in [0, 0.05) is 19.3 Å². The van der Waals surface area contributed by atoms with Crippen molar-refractivity contribution in [3.63, 3.8) is 0 Å². The van der Waals surface area contributed by atoms with Gasteiger partial charge in [-0.1, -0.05) is 207 Å². The summed E-state index contributed by atoms with van der Waals surface area (Å²) in [5.41, 5.74) is 0. The predicted molar refractivity (Wildman–Crippen MR) is 215 cm³/mol. The molecule has 0 aliphatic rings. The highest BCUT2D eigenvalue weighted by Gasteiger charge is 2.19. The van der Waals surface area contributed by atoms with Crippen LogP contribution in [0.1, 0.15) is 246 Å². The zero-order chi connectivity index (χ0) is 37.5. The van der Waals surface area contributed by atoms with Crippen LogP contribution in [-0.4, -0.2) is 37.2 Å². The molecule has 0 bridgehead atoms. The second kappa shape index (κ2) is 39.6. The summed E-state index contributed by atoms with van der Waals surface area (Å²) in [6.45, 7) is 8.92. The van der Waals surface area contributed by atoms with Crippen molar-refractivity contribution in [2.24, 2.45) is 5.92 Å². The summed E-state index contributed by atoms with van der Waals surface area (Å²) in [7, 11) is 0. The fraction of sp³-hybridized carbons (Fsp3) is 0.933. The van der Waals surface area contributed by atoms with Crippen LogP contribution in [0.25, 0.3) is 0 Å². The smallest absolute Gasteiger partial charge is 0.306 e. The van der Waals surface area contributed by atoms with E-state index in [0.717, 1.165) is 63.7 Å². The largest absolute Gasteiger partial charge is 0.462 e. The number of carbonyl (C=O) groups excluding carboxylic acids is 3. The first-order valence-corrected chi connectivity index (χ1v) is 22.4. The summed E-state index contributed by atoms with van der Waals surface area (Å²) < 4.78 is 16.7. The molecule has 302 valence electrons. The Labute approximate surface area is 317 Å². The fourth-order valence-electron chi connectivity index (χ4n) is 6.63. The zero-order valence-electron chi connectivity index (χ0n) is 34.6. The standard InChI is InChI=1S/C45H86O6/c1-5-7-9-11-13-15-16-17-18-19-21-24-28-32-36-43(46)49-39-42(51-45(48)38-34-30-25-20-14-12-10-8-6-2)40-50-44(47)37-33-29-26-22-23-27-31-35-41(3)4/h41-42H,5-40H2,1-4H3/t42-/m0/s1. The van der Waals surface area contributed by atoms with E-state index in [1.54, 1.807) is 0 Å². The summed E-state index contributed by atoms with van der Waals surface area (Å²) in [6, 6.07) is 0. The molecule has 0 heterocycles. The van der Waals surface area contributed by atoms with Gasteiger partial charge in [0.25, 0.3) is 0 Å². The van der Waals surface area contributed by atoms with Gasteiger partial charge in [0.2, 0.25) is 0 Å². The van der Waals surface area contributed by atoms with E-state index < -0.39 is 6.10 Å². The minimum atomic E-state index is -0.758. The Morgan fingerprint density at radius 2 is 0.647 bits per heavy atom. The lowest BCUT2D eigenvalue weighted by atomic mass is 10.0. The molecule has 0 spiro atoms. The molecule has 0 N–H and O–H groups in total. The van der Waals surface area contributed by atoms with Gasteiger partial charge < -0.3 is 14.2 Å². The van der Waals surface area contributed by atoms with Crippen LogP contribution in [0.5, 0.6) is 0 Å². The first-order valence-electron chi connectivity index (χ1n) is 22.4. The Kier molecular flexibility index (Phi) is 38.4. The SMILES string of the molecule is CCCCCCCCCCCCCCCCC(=O)OC[C@@H](COC(=O)CCCCCCCCCC(C)C)OC(=O)CCCCCCCCCCC. The molecule has 6 heteroatoms. The van der Waals surface area contributed by atoms with Crippen LogP contribution in [0.3, 0.4) is 0 Å². The van der Waals surface area contributed by atoms with Gasteiger partial charge in [-0.3, -0.25) is 14.4 Å². The van der Waals surface area contributed by atoms with Crippen molar-refractivity contribution in [1.29, 1.82) is 0 Å².